The van der Waals surface area contributed by atoms with E-state index in [9.17, 15) is 10.2 Å². The van der Waals surface area contributed by atoms with Gasteiger partial charge in [-0.1, -0.05) is 37.8 Å². The van der Waals surface area contributed by atoms with E-state index in [1.165, 1.54) is 37.7 Å². The summed E-state index contributed by atoms with van der Waals surface area (Å²) in [5, 5.41) is 27.8. The molecule has 0 aromatic heterocycles. The first-order valence-corrected chi connectivity index (χ1v) is 11.3. The van der Waals surface area contributed by atoms with Crippen molar-refractivity contribution in [2.75, 3.05) is 18.4 Å². The highest BCUT2D eigenvalue weighted by Gasteiger charge is 2.47. The molecule has 154 valence electrons. The summed E-state index contributed by atoms with van der Waals surface area (Å²) < 4.78 is 0. The first-order valence-electron chi connectivity index (χ1n) is 10.9. The quantitative estimate of drug-likeness (QED) is 0.580. The highest BCUT2D eigenvalue weighted by atomic mass is 32.1. The van der Waals surface area contributed by atoms with Gasteiger partial charge in [-0.25, -0.2) is 0 Å². The molecular formula is C22H33N3O2S. The van der Waals surface area contributed by atoms with Gasteiger partial charge in [0.1, 0.15) is 0 Å². The second-order valence-corrected chi connectivity index (χ2v) is 9.05. The normalized spacial score (nSPS) is 31.4. The monoisotopic (exact) mass is 403 g/mol. The van der Waals surface area contributed by atoms with Crippen LogP contribution in [0.2, 0.25) is 0 Å². The minimum Gasteiger partial charge on any atom is -0.389 e. The number of fused-ring (bicyclic) bond motifs is 1. The fourth-order valence-electron chi connectivity index (χ4n) is 5.29. The number of nitrogens with zero attached hydrogens (tertiary/aromatic N) is 1. The van der Waals surface area contributed by atoms with Gasteiger partial charge in [-0.2, -0.15) is 0 Å². The Kier molecular flexibility index (Phi) is 6.51. The number of hydrogen-bond donors (Lipinski definition) is 4. The summed E-state index contributed by atoms with van der Waals surface area (Å²) in [5.74, 6) is 0.709. The third-order valence-corrected chi connectivity index (χ3v) is 7.12. The van der Waals surface area contributed by atoms with Crippen molar-refractivity contribution in [3.8, 4) is 0 Å². The molecule has 1 saturated carbocycles. The Morgan fingerprint density at radius 1 is 0.964 bits per heavy atom. The maximum absolute atomic E-state index is 10.4. The van der Waals surface area contributed by atoms with Crippen LogP contribution in [-0.2, 0) is 0 Å². The minimum atomic E-state index is -0.715. The number of thiocarbonyl (C=S) groups is 1. The maximum atomic E-state index is 10.4. The molecule has 3 fully saturated rings. The molecule has 4 rings (SSSR count). The number of aliphatic hydroxyl groups is 2. The smallest absolute Gasteiger partial charge is 0.170 e. The summed E-state index contributed by atoms with van der Waals surface area (Å²) in [5.41, 5.74) is 2.42. The molecule has 2 saturated heterocycles. The van der Waals surface area contributed by atoms with Gasteiger partial charge in [0.25, 0.3) is 0 Å². The van der Waals surface area contributed by atoms with Crippen LogP contribution in [0.3, 0.4) is 0 Å². The third kappa shape index (κ3) is 4.35. The van der Waals surface area contributed by atoms with Crippen LogP contribution in [-0.4, -0.2) is 57.6 Å². The fourth-order valence-corrected chi connectivity index (χ4v) is 5.50. The van der Waals surface area contributed by atoms with Crippen molar-refractivity contribution in [1.29, 1.82) is 0 Å². The van der Waals surface area contributed by atoms with E-state index in [0.717, 1.165) is 31.5 Å². The molecule has 0 bridgehead atoms. The Morgan fingerprint density at radius 3 is 2.43 bits per heavy atom. The molecule has 1 aromatic carbocycles. The third-order valence-electron chi connectivity index (χ3n) is 6.87. The van der Waals surface area contributed by atoms with E-state index >= 15 is 0 Å². The van der Waals surface area contributed by atoms with Crippen molar-refractivity contribution in [1.82, 2.24) is 10.2 Å². The summed E-state index contributed by atoms with van der Waals surface area (Å²) in [6, 6.07) is 8.64. The number of piperidine rings is 1. The molecule has 0 amide bonds. The molecule has 1 aromatic rings. The van der Waals surface area contributed by atoms with E-state index < -0.39 is 12.2 Å². The molecule has 4 N–H and O–H groups in total. The molecule has 28 heavy (non-hydrogen) atoms. The first kappa shape index (κ1) is 20.1. The number of anilines is 1. The highest BCUT2D eigenvalue weighted by molar-refractivity contribution is 7.80. The Morgan fingerprint density at radius 2 is 1.68 bits per heavy atom. The van der Waals surface area contributed by atoms with E-state index in [-0.39, 0.29) is 12.1 Å². The fraction of sp³-hybridized carbons (Fsp3) is 0.682. The van der Waals surface area contributed by atoms with Crippen LogP contribution in [0.15, 0.2) is 24.3 Å². The van der Waals surface area contributed by atoms with Crippen molar-refractivity contribution in [3.63, 3.8) is 0 Å². The largest absolute Gasteiger partial charge is 0.389 e. The summed E-state index contributed by atoms with van der Waals surface area (Å²) in [4.78, 5) is 2.26. The van der Waals surface area contributed by atoms with Crippen LogP contribution >= 0.6 is 12.2 Å². The molecule has 1 aliphatic carbocycles. The van der Waals surface area contributed by atoms with E-state index in [4.69, 9.17) is 12.2 Å². The van der Waals surface area contributed by atoms with Crippen molar-refractivity contribution >= 4 is 23.0 Å². The second-order valence-electron chi connectivity index (χ2n) is 8.64. The number of hydrogen-bond acceptors (Lipinski definition) is 4. The van der Waals surface area contributed by atoms with Crippen LogP contribution in [0.5, 0.6) is 0 Å². The molecule has 0 spiro atoms. The molecule has 0 radical (unpaired) electrons. The Hall–Kier alpha value is -1.21. The van der Waals surface area contributed by atoms with Crippen LogP contribution in [0.1, 0.15) is 62.8 Å². The molecule has 4 atom stereocenters. The lowest BCUT2D eigenvalue weighted by atomic mass is 9.84. The van der Waals surface area contributed by atoms with E-state index in [2.05, 4.69) is 39.8 Å². The van der Waals surface area contributed by atoms with Crippen LogP contribution in [0.25, 0.3) is 0 Å². The molecule has 5 nitrogen and oxygen atoms in total. The van der Waals surface area contributed by atoms with Gasteiger partial charge in [0.15, 0.2) is 5.11 Å². The SMILES string of the molecule is O[C@@H]1C(CNC(=S)Nc2ccc(C3CCCCC3)cc2)N2CCCCC2[C@@H]1O. The Balaban J connectivity index is 1.28. The maximum Gasteiger partial charge on any atom is 0.170 e. The van der Waals surface area contributed by atoms with E-state index in [1.54, 1.807) is 0 Å². The van der Waals surface area contributed by atoms with Gasteiger partial charge < -0.3 is 20.8 Å². The lowest BCUT2D eigenvalue weighted by molar-refractivity contribution is 0.0265. The van der Waals surface area contributed by atoms with E-state index in [1.807, 2.05) is 0 Å². The van der Waals surface area contributed by atoms with Gasteiger partial charge in [0.2, 0.25) is 0 Å². The zero-order chi connectivity index (χ0) is 19.5. The van der Waals surface area contributed by atoms with E-state index in [0.29, 0.717) is 17.6 Å². The predicted molar refractivity (Wildman–Crippen MR) is 117 cm³/mol. The molecule has 2 unspecified atom stereocenters. The van der Waals surface area contributed by atoms with Gasteiger partial charge >= 0.3 is 0 Å². The van der Waals surface area contributed by atoms with Gasteiger partial charge in [-0.05, 0) is 68.1 Å². The zero-order valence-electron chi connectivity index (χ0n) is 16.5. The summed E-state index contributed by atoms with van der Waals surface area (Å²) in [6.07, 6.45) is 8.53. The van der Waals surface area contributed by atoms with Gasteiger partial charge in [-0.3, -0.25) is 4.90 Å². The lowest BCUT2D eigenvalue weighted by Crippen LogP contribution is -2.48. The van der Waals surface area contributed by atoms with Crippen molar-refractivity contribution in [3.05, 3.63) is 29.8 Å². The second kappa shape index (κ2) is 9.08. The average Bonchev–Trinajstić information content (AvgIpc) is 2.98. The van der Waals surface area contributed by atoms with Crippen LogP contribution < -0.4 is 10.6 Å². The van der Waals surface area contributed by atoms with Crippen molar-refractivity contribution in [2.45, 2.75) is 81.6 Å². The molecule has 3 aliphatic rings. The number of aliphatic hydroxyl groups excluding tert-OH is 2. The topological polar surface area (TPSA) is 67.8 Å². The zero-order valence-corrected chi connectivity index (χ0v) is 17.3. The lowest BCUT2D eigenvalue weighted by Gasteiger charge is -2.34. The molecular weight excluding hydrogens is 370 g/mol. The van der Waals surface area contributed by atoms with Gasteiger partial charge in [0, 0.05) is 18.3 Å². The Labute approximate surface area is 173 Å². The number of rotatable bonds is 4. The van der Waals surface area contributed by atoms with Crippen LogP contribution in [0.4, 0.5) is 5.69 Å². The van der Waals surface area contributed by atoms with Gasteiger partial charge in [-0.15, -0.1) is 0 Å². The van der Waals surface area contributed by atoms with Gasteiger partial charge in [0.05, 0.1) is 18.2 Å². The average molecular weight is 404 g/mol. The number of nitrogens with one attached hydrogen (secondary N) is 2. The molecule has 2 heterocycles. The van der Waals surface area contributed by atoms with Crippen molar-refractivity contribution in [2.24, 2.45) is 0 Å². The summed E-state index contributed by atoms with van der Waals surface area (Å²) in [6.45, 7) is 1.48. The first-order chi connectivity index (χ1) is 13.6. The van der Waals surface area contributed by atoms with Crippen LogP contribution in [0, 0.1) is 0 Å². The van der Waals surface area contributed by atoms with Crippen molar-refractivity contribution < 1.29 is 10.2 Å². The predicted octanol–water partition coefficient (Wildman–Crippen LogP) is 2.98. The highest BCUT2D eigenvalue weighted by Crippen LogP contribution is 2.33. The minimum absolute atomic E-state index is 0.0874. The number of benzene rings is 1. The molecule has 2 aliphatic heterocycles. The standard InChI is InChI=1S/C22H33N3O2S/c26-20-18-8-4-5-13-25(18)19(21(20)27)14-23-22(28)24-17-11-9-16(10-12-17)15-6-2-1-3-7-15/h9-12,15,18-21,26-27H,1-8,13-14H2,(H2,23,24,28)/t18?,19?,20-,21+/m0/s1. The summed E-state index contributed by atoms with van der Waals surface area (Å²) in [7, 11) is 0. The molecule has 6 heteroatoms. The Bertz CT molecular complexity index is 662. The summed E-state index contributed by atoms with van der Waals surface area (Å²) >= 11 is 5.46.